The molecule has 1 aliphatic heterocycles. The minimum absolute atomic E-state index is 0.770. The molecule has 96 valence electrons. The molecule has 19 heavy (non-hydrogen) atoms. The summed E-state index contributed by atoms with van der Waals surface area (Å²) in [6.07, 6.45) is 0. The lowest BCUT2D eigenvalue weighted by Crippen LogP contribution is -2.19. The fraction of sp³-hybridized carbons (Fsp3) is 0.188. The van der Waals surface area contributed by atoms with Crippen LogP contribution in [-0.2, 0) is 0 Å². The molecule has 2 nitrogen and oxygen atoms in total. The van der Waals surface area contributed by atoms with Gasteiger partial charge in [-0.05, 0) is 30.7 Å². The van der Waals surface area contributed by atoms with Gasteiger partial charge in [0.05, 0.1) is 6.54 Å². The van der Waals surface area contributed by atoms with E-state index in [-0.39, 0.29) is 0 Å². The van der Waals surface area contributed by atoms with Gasteiger partial charge >= 0.3 is 0 Å². The number of nitrogens with zero attached hydrogens (tertiary/aromatic N) is 1. The van der Waals surface area contributed by atoms with Crippen LogP contribution in [0.5, 0.6) is 0 Å². The van der Waals surface area contributed by atoms with E-state index in [1.54, 1.807) is 0 Å². The second-order valence-corrected chi connectivity index (χ2v) is 5.12. The topological polar surface area (TPSA) is 24.4 Å². The third kappa shape index (κ3) is 2.49. The van der Waals surface area contributed by atoms with Crippen molar-refractivity contribution in [3.8, 4) is 11.1 Å². The van der Waals surface area contributed by atoms with Gasteiger partial charge in [0.1, 0.15) is 5.84 Å². The van der Waals surface area contributed by atoms with Crippen LogP contribution in [0.3, 0.4) is 0 Å². The Morgan fingerprint density at radius 2 is 1.79 bits per heavy atom. The molecule has 3 heteroatoms. The molecule has 0 fully saturated rings. The number of aliphatic imine (C=N–C) groups is 1. The molecule has 0 atom stereocenters. The van der Waals surface area contributed by atoms with Crippen molar-refractivity contribution < 1.29 is 0 Å². The standard InChI is InChI=1S/C16H15ClN2/c1-11-2-4-12(5-3-11)14-10-13(6-7-15(14)17)16-18-8-9-19-16/h2-7,10H,8-9H2,1H3,(H,18,19). The quantitative estimate of drug-likeness (QED) is 0.885. The van der Waals surface area contributed by atoms with Gasteiger partial charge < -0.3 is 5.32 Å². The van der Waals surface area contributed by atoms with Gasteiger partial charge in [-0.25, -0.2) is 0 Å². The lowest BCUT2D eigenvalue weighted by atomic mass is 10.0. The van der Waals surface area contributed by atoms with E-state index in [0.29, 0.717) is 0 Å². The number of amidine groups is 1. The van der Waals surface area contributed by atoms with E-state index in [1.165, 1.54) is 5.56 Å². The molecule has 0 saturated carbocycles. The van der Waals surface area contributed by atoms with Crippen LogP contribution < -0.4 is 5.32 Å². The third-order valence-electron chi connectivity index (χ3n) is 3.28. The third-order valence-corrected chi connectivity index (χ3v) is 3.61. The van der Waals surface area contributed by atoms with Crippen molar-refractivity contribution in [3.05, 3.63) is 58.6 Å². The highest BCUT2D eigenvalue weighted by molar-refractivity contribution is 6.33. The first-order valence-electron chi connectivity index (χ1n) is 6.39. The highest BCUT2D eigenvalue weighted by Gasteiger charge is 2.11. The zero-order valence-corrected chi connectivity index (χ0v) is 11.5. The zero-order chi connectivity index (χ0) is 13.2. The lowest BCUT2D eigenvalue weighted by molar-refractivity contribution is 0.960. The molecule has 1 N–H and O–H groups in total. The Balaban J connectivity index is 2.05. The Kier molecular flexibility index (Phi) is 3.26. The fourth-order valence-electron chi connectivity index (χ4n) is 2.22. The molecular formula is C16H15ClN2. The molecule has 0 aromatic heterocycles. The van der Waals surface area contributed by atoms with Gasteiger partial charge in [0, 0.05) is 22.7 Å². The van der Waals surface area contributed by atoms with E-state index < -0.39 is 0 Å². The van der Waals surface area contributed by atoms with Crippen LogP contribution in [-0.4, -0.2) is 18.9 Å². The number of aryl methyl sites for hydroxylation is 1. The van der Waals surface area contributed by atoms with Crippen molar-refractivity contribution in [1.29, 1.82) is 0 Å². The summed E-state index contributed by atoms with van der Waals surface area (Å²) in [4.78, 5) is 4.45. The first-order chi connectivity index (χ1) is 9.24. The molecule has 1 aliphatic rings. The Morgan fingerprint density at radius 1 is 1.05 bits per heavy atom. The highest BCUT2D eigenvalue weighted by atomic mass is 35.5. The van der Waals surface area contributed by atoms with Gasteiger partial charge in [-0.1, -0.05) is 41.4 Å². The second kappa shape index (κ2) is 5.06. The fourth-order valence-corrected chi connectivity index (χ4v) is 2.44. The van der Waals surface area contributed by atoms with E-state index in [0.717, 1.165) is 40.6 Å². The number of hydrogen-bond donors (Lipinski definition) is 1. The normalized spacial score (nSPS) is 14.1. The SMILES string of the molecule is Cc1ccc(-c2cc(C3=NCCN3)ccc2Cl)cc1. The van der Waals surface area contributed by atoms with Crippen LogP contribution in [0.4, 0.5) is 0 Å². The van der Waals surface area contributed by atoms with E-state index >= 15 is 0 Å². The summed E-state index contributed by atoms with van der Waals surface area (Å²) in [6, 6.07) is 14.5. The van der Waals surface area contributed by atoms with Crippen molar-refractivity contribution in [2.24, 2.45) is 4.99 Å². The summed E-state index contributed by atoms with van der Waals surface area (Å²) < 4.78 is 0. The van der Waals surface area contributed by atoms with Gasteiger partial charge in [-0.2, -0.15) is 0 Å². The summed E-state index contributed by atoms with van der Waals surface area (Å²) in [5.74, 6) is 0.963. The Bertz CT molecular complexity index is 630. The van der Waals surface area contributed by atoms with Gasteiger partial charge in [0.25, 0.3) is 0 Å². The average Bonchev–Trinajstić information content (AvgIpc) is 2.94. The molecule has 0 amide bonds. The summed E-state index contributed by atoms with van der Waals surface area (Å²) >= 11 is 6.32. The summed E-state index contributed by atoms with van der Waals surface area (Å²) in [7, 11) is 0. The molecular weight excluding hydrogens is 256 g/mol. The Hall–Kier alpha value is -1.80. The van der Waals surface area contributed by atoms with Gasteiger partial charge in [0.15, 0.2) is 0 Å². The first-order valence-corrected chi connectivity index (χ1v) is 6.77. The monoisotopic (exact) mass is 270 g/mol. The summed E-state index contributed by atoms with van der Waals surface area (Å²) in [5.41, 5.74) is 4.53. The Morgan fingerprint density at radius 3 is 2.47 bits per heavy atom. The largest absolute Gasteiger partial charge is 0.368 e. The maximum absolute atomic E-state index is 6.32. The van der Waals surface area contributed by atoms with E-state index in [2.05, 4.69) is 47.6 Å². The summed E-state index contributed by atoms with van der Waals surface area (Å²) in [6.45, 7) is 3.84. The molecule has 1 heterocycles. The minimum Gasteiger partial charge on any atom is -0.368 e. The number of rotatable bonds is 2. The number of hydrogen-bond acceptors (Lipinski definition) is 2. The van der Waals surface area contributed by atoms with Crippen LogP contribution in [0, 0.1) is 6.92 Å². The predicted octanol–water partition coefficient (Wildman–Crippen LogP) is 3.67. The second-order valence-electron chi connectivity index (χ2n) is 4.72. The van der Waals surface area contributed by atoms with Crippen molar-refractivity contribution >= 4 is 17.4 Å². The zero-order valence-electron chi connectivity index (χ0n) is 10.8. The van der Waals surface area contributed by atoms with E-state index in [1.807, 2.05) is 12.1 Å². The average molecular weight is 271 g/mol. The van der Waals surface area contributed by atoms with E-state index in [4.69, 9.17) is 11.6 Å². The molecule has 3 rings (SSSR count). The molecule has 0 saturated heterocycles. The molecule has 0 bridgehead atoms. The van der Waals surface area contributed by atoms with Crippen molar-refractivity contribution in [2.45, 2.75) is 6.92 Å². The molecule has 0 spiro atoms. The van der Waals surface area contributed by atoms with Crippen molar-refractivity contribution in [1.82, 2.24) is 5.32 Å². The minimum atomic E-state index is 0.770. The number of nitrogens with one attached hydrogen (secondary N) is 1. The van der Waals surface area contributed by atoms with Crippen molar-refractivity contribution in [3.63, 3.8) is 0 Å². The first kappa shape index (κ1) is 12.2. The number of halogens is 1. The van der Waals surface area contributed by atoms with E-state index in [9.17, 15) is 0 Å². The van der Waals surface area contributed by atoms with Crippen LogP contribution in [0.2, 0.25) is 5.02 Å². The predicted molar refractivity (Wildman–Crippen MR) is 81.0 cm³/mol. The van der Waals surface area contributed by atoms with Crippen LogP contribution >= 0.6 is 11.6 Å². The highest BCUT2D eigenvalue weighted by Crippen LogP contribution is 2.29. The molecule has 0 aliphatic carbocycles. The van der Waals surface area contributed by atoms with Gasteiger partial charge in [-0.3, -0.25) is 4.99 Å². The molecule has 2 aromatic carbocycles. The summed E-state index contributed by atoms with van der Waals surface area (Å²) in [5, 5.41) is 4.06. The van der Waals surface area contributed by atoms with Gasteiger partial charge in [-0.15, -0.1) is 0 Å². The van der Waals surface area contributed by atoms with Crippen molar-refractivity contribution in [2.75, 3.05) is 13.1 Å². The Labute approximate surface area is 118 Å². The molecule has 0 radical (unpaired) electrons. The lowest BCUT2D eigenvalue weighted by Gasteiger charge is -2.09. The van der Waals surface area contributed by atoms with Crippen LogP contribution in [0.25, 0.3) is 11.1 Å². The van der Waals surface area contributed by atoms with Gasteiger partial charge in [0.2, 0.25) is 0 Å². The molecule has 0 unspecified atom stereocenters. The van der Waals surface area contributed by atoms with Crippen LogP contribution in [0.15, 0.2) is 47.5 Å². The molecule has 2 aromatic rings. The number of benzene rings is 2. The van der Waals surface area contributed by atoms with Crippen LogP contribution in [0.1, 0.15) is 11.1 Å². The maximum atomic E-state index is 6.32. The maximum Gasteiger partial charge on any atom is 0.128 e. The smallest absolute Gasteiger partial charge is 0.128 e.